The molecule has 2 aromatic rings. The summed E-state index contributed by atoms with van der Waals surface area (Å²) < 4.78 is 7.77. The molecular formula is C17H22N4O2. The van der Waals surface area contributed by atoms with E-state index in [-0.39, 0.29) is 11.8 Å². The molecule has 1 saturated heterocycles. The number of nitrogens with zero attached hydrogens (tertiary/aromatic N) is 2. The van der Waals surface area contributed by atoms with Gasteiger partial charge in [-0.05, 0) is 31.5 Å². The number of hydrogen-bond acceptors (Lipinski definition) is 4. The van der Waals surface area contributed by atoms with E-state index in [1.165, 1.54) is 0 Å². The molecule has 1 atom stereocenters. The molecule has 0 saturated carbocycles. The first kappa shape index (κ1) is 15.6. The van der Waals surface area contributed by atoms with Gasteiger partial charge >= 0.3 is 0 Å². The molecule has 2 heterocycles. The normalized spacial score (nSPS) is 17.7. The van der Waals surface area contributed by atoms with E-state index in [0.717, 1.165) is 38.2 Å². The second-order valence-electron chi connectivity index (χ2n) is 5.68. The minimum absolute atomic E-state index is 0.0303. The van der Waals surface area contributed by atoms with Crippen molar-refractivity contribution in [3.05, 3.63) is 43.0 Å². The summed E-state index contributed by atoms with van der Waals surface area (Å²) in [7, 11) is 0. The van der Waals surface area contributed by atoms with E-state index in [0.29, 0.717) is 12.4 Å². The fourth-order valence-electron chi connectivity index (χ4n) is 2.69. The zero-order valence-corrected chi connectivity index (χ0v) is 13.1. The van der Waals surface area contributed by atoms with Crippen LogP contribution in [0.1, 0.15) is 12.8 Å². The summed E-state index contributed by atoms with van der Waals surface area (Å²) in [4.78, 5) is 16.4. The fraction of sp³-hybridized carbons (Fsp3) is 0.412. The lowest BCUT2D eigenvalue weighted by Gasteiger charge is -2.22. The number of piperidine rings is 1. The number of benzene rings is 1. The number of anilines is 1. The number of nitrogens with one attached hydrogen (secondary N) is 2. The molecule has 6 heteroatoms. The zero-order valence-electron chi connectivity index (χ0n) is 13.1. The number of imidazole rings is 1. The first-order valence-corrected chi connectivity index (χ1v) is 8.02. The highest BCUT2D eigenvalue weighted by Gasteiger charge is 2.21. The molecule has 122 valence electrons. The Kier molecular flexibility index (Phi) is 5.26. The van der Waals surface area contributed by atoms with Crippen molar-refractivity contribution in [2.45, 2.75) is 19.4 Å². The molecule has 6 nitrogen and oxygen atoms in total. The standard InChI is InChI=1S/C17H22N4O2/c22-17(14-4-3-7-18-12-14)20-15-5-1-2-6-16(15)23-11-10-21-9-8-19-13-21/h1-2,5-6,8-9,13-14,18H,3-4,7,10-12H2,(H,20,22). The smallest absolute Gasteiger partial charge is 0.228 e. The molecule has 2 N–H and O–H groups in total. The molecule has 1 aliphatic rings. The predicted molar refractivity (Wildman–Crippen MR) is 88.4 cm³/mol. The number of amides is 1. The van der Waals surface area contributed by atoms with Gasteiger partial charge in [-0.3, -0.25) is 4.79 Å². The van der Waals surface area contributed by atoms with Crippen LogP contribution in [0.25, 0.3) is 0 Å². The Balaban J connectivity index is 1.57. The number of carbonyl (C=O) groups is 1. The van der Waals surface area contributed by atoms with Crippen LogP contribution in [0.15, 0.2) is 43.0 Å². The van der Waals surface area contributed by atoms with Crippen LogP contribution in [0.3, 0.4) is 0 Å². The van der Waals surface area contributed by atoms with Gasteiger partial charge in [-0.15, -0.1) is 0 Å². The Morgan fingerprint density at radius 3 is 3.13 bits per heavy atom. The average molecular weight is 314 g/mol. The van der Waals surface area contributed by atoms with E-state index in [2.05, 4.69) is 15.6 Å². The molecule has 1 aromatic heterocycles. The van der Waals surface area contributed by atoms with Crippen molar-refractivity contribution in [3.8, 4) is 5.75 Å². The summed E-state index contributed by atoms with van der Waals surface area (Å²) in [6.45, 7) is 2.98. The molecular weight excluding hydrogens is 292 g/mol. The van der Waals surface area contributed by atoms with Gasteiger partial charge in [0, 0.05) is 18.9 Å². The Morgan fingerprint density at radius 2 is 2.35 bits per heavy atom. The first-order valence-electron chi connectivity index (χ1n) is 8.02. The van der Waals surface area contributed by atoms with Crippen LogP contribution in [0.2, 0.25) is 0 Å². The molecule has 1 unspecified atom stereocenters. The van der Waals surface area contributed by atoms with E-state index < -0.39 is 0 Å². The van der Waals surface area contributed by atoms with Crippen molar-refractivity contribution in [3.63, 3.8) is 0 Å². The van der Waals surface area contributed by atoms with Gasteiger partial charge in [-0.1, -0.05) is 12.1 Å². The van der Waals surface area contributed by atoms with Gasteiger partial charge < -0.3 is 19.9 Å². The Hall–Kier alpha value is -2.34. The number of ether oxygens (including phenoxy) is 1. The third kappa shape index (κ3) is 4.32. The number of carbonyl (C=O) groups excluding carboxylic acids is 1. The third-order valence-electron chi connectivity index (χ3n) is 3.98. The zero-order chi connectivity index (χ0) is 15.9. The van der Waals surface area contributed by atoms with Crippen molar-refractivity contribution in [2.75, 3.05) is 25.0 Å². The maximum Gasteiger partial charge on any atom is 0.228 e. The molecule has 1 fully saturated rings. The highest BCUT2D eigenvalue weighted by molar-refractivity contribution is 5.94. The second-order valence-corrected chi connectivity index (χ2v) is 5.68. The minimum Gasteiger partial charge on any atom is -0.490 e. The van der Waals surface area contributed by atoms with Gasteiger partial charge in [0.15, 0.2) is 0 Å². The summed E-state index contributed by atoms with van der Waals surface area (Å²) in [5.74, 6) is 0.787. The molecule has 23 heavy (non-hydrogen) atoms. The largest absolute Gasteiger partial charge is 0.490 e. The van der Waals surface area contributed by atoms with Crippen molar-refractivity contribution < 1.29 is 9.53 Å². The number of aromatic nitrogens is 2. The third-order valence-corrected chi connectivity index (χ3v) is 3.98. The molecule has 0 aliphatic carbocycles. The summed E-state index contributed by atoms with van der Waals surface area (Å²) in [6, 6.07) is 7.56. The molecule has 3 rings (SSSR count). The van der Waals surface area contributed by atoms with Crippen molar-refractivity contribution >= 4 is 11.6 Å². The number of rotatable bonds is 6. The van der Waals surface area contributed by atoms with Crippen LogP contribution >= 0.6 is 0 Å². The average Bonchev–Trinajstić information content (AvgIpc) is 3.10. The van der Waals surface area contributed by atoms with Crippen molar-refractivity contribution in [2.24, 2.45) is 5.92 Å². The lowest BCUT2D eigenvalue weighted by Crippen LogP contribution is -2.37. The summed E-state index contributed by atoms with van der Waals surface area (Å²) in [5.41, 5.74) is 0.730. The topological polar surface area (TPSA) is 68.2 Å². The number of hydrogen-bond donors (Lipinski definition) is 2. The first-order chi connectivity index (χ1) is 11.3. The molecule has 0 bridgehead atoms. The summed E-state index contributed by atoms with van der Waals surface area (Å²) >= 11 is 0. The number of para-hydroxylation sites is 2. The van der Waals surface area contributed by atoms with Crippen LogP contribution in [-0.4, -0.2) is 35.2 Å². The lowest BCUT2D eigenvalue weighted by atomic mass is 9.99. The van der Waals surface area contributed by atoms with E-state index >= 15 is 0 Å². The molecule has 1 amide bonds. The Bertz CT molecular complexity index is 621. The van der Waals surface area contributed by atoms with Gasteiger partial charge in [0.1, 0.15) is 12.4 Å². The SMILES string of the molecule is O=C(Nc1ccccc1OCCn1ccnc1)C1CCCNC1. The Morgan fingerprint density at radius 1 is 1.43 bits per heavy atom. The van der Waals surface area contributed by atoms with Crippen LogP contribution in [0.4, 0.5) is 5.69 Å². The fourth-order valence-corrected chi connectivity index (χ4v) is 2.69. The van der Waals surface area contributed by atoms with E-state index in [1.54, 1.807) is 12.5 Å². The van der Waals surface area contributed by atoms with Gasteiger partial charge in [0.25, 0.3) is 0 Å². The lowest BCUT2D eigenvalue weighted by molar-refractivity contribution is -0.120. The van der Waals surface area contributed by atoms with E-state index in [4.69, 9.17) is 4.74 Å². The quantitative estimate of drug-likeness (QED) is 0.854. The van der Waals surface area contributed by atoms with Crippen LogP contribution < -0.4 is 15.4 Å². The molecule has 1 aliphatic heterocycles. The minimum atomic E-state index is 0.0303. The Labute approximate surface area is 135 Å². The monoisotopic (exact) mass is 314 g/mol. The second kappa shape index (κ2) is 7.78. The van der Waals surface area contributed by atoms with E-state index in [1.807, 2.05) is 35.0 Å². The summed E-state index contributed by atoms with van der Waals surface area (Å²) in [6.07, 6.45) is 7.37. The van der Waals surface area contributed by atoms with Crippen molar-refractivity contribution in [1.29, 1.82) is 0 Å². The van der Waals surface area contributed by atoms with Gasteiger partial charge in [0.05, 0.1) is 24.5 Å². The maximum atomic E-state index is 12.4. The molecule has 0 spiro atoms. The highest BCUT2D eigenvalue weighted by Crippen LogP contribution is 2.25. The van der Waals surface area contributed by atoms with Crippen LogP contribution in [0, 0.1) is 5.92 Å². The van der Waals surface area contributed by atoms with Crippen LogP contribution in [-0.2, 0) is 11.3 Å². The molecule has 0 radical (unpaired) electrons. The summed E-state index contributed by atoms with van der Waals surface area (Å²) in [5, 5.41) is 6.27. The van der Waals surface area contributed by atoms with Gasteiger partial charge in [0.2, 0.25) is 5.91 Å². The van der Waals surface area contributed by atoms with Gasteiger partial charge in [-0.2, -0.15) is 0 Å². The maximum absolute atomic E-state index is 12.4. The van der Waals surface area contributed by atoms with Crippen molar-refractivity contribution in [1.82, 2.24) is 14.9 Å². The van der Waals surface area contributed by atoms with Gasteiger partial charge in [-0.25, -0.2) is 4.98 Å². The predicted octanol–water partition coefficient (Wildman–Crippen LogP) is 1.90. The highest BCUT2D eigenvalue weighted by atomic mass is 16.5. The van der Waals surface area contributed by atoms with Crippen LogP contribution in [0.5, 0.6) is 5.75 Å². The van der Waals surface area contributed by atoms with E-state index in [9.17, 15) is 4.79 Å². The molecule has 1 aromatic carbocycles.